The minimum Gasteiger partial charge on any atom is -0.379 e. The second-order valence-corrected chi connectivity index (χ2v) is 5.96. The molecule has 1 saturated heterocycles. The molecule has 7 heteroatoms. The first-order chi connectivity index (χ1) is 10.4. The lowest BCUT2D eigenvalue weighted by Crippen LogP contribution is -2.39. The molecular formula is C15H23F2N3O2. The Bertz CT molecular complexity index is 517. The van der Waals surface area contributed by atoms with Crippen molar-refractivity contribution < 1.29 is 18.3 Å². The summed E-state index contributed by atoms with van der Waals surface area (Å²) in [6.07, 6.45) is 0. The molecule has 1 aromatic heterocycles. The lowest BCUT2D eigenvalue weighted by Gasteiger charge is -2.26. The summed E-state index contributed by atoms with van der Waals surface area (Å²) < 4.78 is 32.6. The number of carbonyl (C=O) groups excluding carboxylic acids is 1. The Kier molecular flexibility index (Phi) is 5.52. The minimum absolute atomic E-state index is 0.0398. The van der Waals surface area contributed by atoms with Crippen LogP contribution in [-0.4, -0.2) is 67.2 Å². The van der Waals surface area contributed by atoms with Crippen LogP contribution >= 0.6 is 0 Å². The summed E-state index contributed by atoms with van der Waals surface area (Å²) in [4.78, 5) is 16.3. The predicted octanol–water partition coefficient (Wildman–Crippen LogP) is 1.84. The van der Waals surface area contributed by atoms with Crippen molar-refractivity contribution in [3.8, 4) is 0 Å². The van der Waals surface area contributed by atoms with Gasteiger partial charge in [-0.15, -0.1) is 0 Å². The second kappa shape index (κ2) is 7.19. The van der Waals surface area contributed by atoms with E-state index < -0.39 is 6.55 Å². The molecule has 0 aromatic carbocycles. The summed E-state index contributed by atoms with van der Waals surface area (Å²) in [6.45, 7) is 1.61. The molecule has 2 rings (SSSR count). The van der Waals surface area contributed by atoms with Gasteiger partial charge in [-0.25, -0.2) is 0 Å². The van der Waals surface area contributed by atoms with Crippen LogP contribution in [0, 0.1) is 12.8 Å². The van der Waals surface area contributed by atoms with Crippen molar-refractivity contribution in [2.45, 2.75) is 13.5 Å². The molecule has 1 aliphatic rings. The number of aryl methyl sites for hydroxylation is 1. The number of amides is 1. The van der Waals surface area contributed by atoms with E-state index in [-0.39, 0.29) is 17.5 Å². The lowest BCUT2D eigenvalue weighted by molar-refractivity contribution is 0.0543. The van der Waals surface area contributed by atoms with Crippen LogP contribution in [0.15, 0.2) is 12.1 Å². The zero-order valence-electron chi connectivity index (χ0n) is 13.3. The maximum atomic E-state index is 13.1. The standard InChI is InChI=1S/C15H23F2N3O2/c1-11-4-5-13(20(11)15(16)17)14(21)19-6-7-22-10-12(9-19)8-18(2)3/h4-5,12,15H,6-10H2,1-3H3. The van der Waals surface area contributed by atoms with E-state index in [1.165, 1.54) is 6.07 Å². The van der Waals surface area contributed by atoms with Gasteiger partial charge < -0.3 is 14.5 Å². The zero-order valence-corrected chi connectivity index (χ0v) is 13.3. The molecule has 0 radical (unpaired) electrons. The van der Waals surface area contributed by atoms with Gasteiger partial charge in [-0.3, -0.25) is 9.36 Å². The van der Waals surface area contributed by atoms with Gasteiger partial charge in [0.05, 0.1) is 13.2 Å². The van der Waals surface area contributed by atoms with Gasteiger partial charge in [-0.05, 0) is 33.2 Å². The van der Waals surface area contributed by atoms with Crippen molar-refractivity contribution in [3.05, 3.63) is 23.5 Å². The number of carbonyl (C=O) groups is 1. The Morgan fingerprint density at radius 3 is 2.82 bits per heavy atom. The summed E-state index contributed by atoms with van der Waals surface area (Å²) in [7, 11) is 3.92. The number of hydrogen-bond donors (Lipinski definition) is 0. The highest BCUT2D eigenvalue weighted by molar-refractivity contribution is 5.93. The summed E-state index contributed by atoms with van der Waals surface area (Å²) in [6, 6.07) is 3.02. The van der Waals surface area contributed by atoms with Crippen molar-refractivity contribution in [1.29, 1.82) is 0 Å². The van der Waals surface area contributed by atoms with Crippen LogP contribution in [0.3, 0.4) is 0 Å². The van der Waals surface area contributed by atoms with Gasteiger partial charge >= 0.3 is 6.55 Å². The summed E-state index contributed by atoms with van der Waals surface area (Å²) >= 11 is 0. The monoisotopic (exact) mass is 315 g/mol. The van der Waals surface area contributed by atoms with Crippen LogP contribution in [0.1, 0.15) is 22.7 Å². The third-order valence-electron chi connectivity index (χ3n) is 3.78. The molecule has 22 heavy (non-hydrogen) atoms. The van der Waals surface area contributed by atoms with E-state index in [2.05, 4.69) is 0 Å². The lowest BCUT2D eigenvalue weighted by atomic mass is 10.1. The molecule has 0 bridgehead atoms. The second-order valence-electron chi connectivity index (χ2n) is 5.96. The Morgan fingerprint density at radius 2 is 2.18 bits per heavy atom. The SMILES string of the molecule is Cc1ccc(C(=O)N2CCOCC(CN(C)C)C2)n1C(F)F. The molecule has 1 unspecified atom stereocenters. The number of rotatable bonds is 4. The van der Waals surface area contributed by atoms with E-state index in [9.17, 15) is 13.6 Å². The van der Waals surface area contributed by atoms with Crippen LogP contribution in [0.2, 0.25) is 0 Å². The normalized spacial score (nSPS) is 19.8. The largest absolute Gasteiger partial charge is 0.379 e. The molecule has 1 atom stereocenters. The van der Waals surface area contributed by atoms with Gasteiger partial charge in [0, 0.05) is 31.2 Å². The highest BCUT2D eigenvalue weighted by atomic mass is 19.3. The third kappa shape index (κ3) is 3.84. The molecule has 0 N–H and O–H groups in total. The van der Waals surface area contributed by atoms with Gasteiger partial charge in [-0.1, -0.05) is 0 Å². The smallest absolute Gasteiger partial charge is 0.319 e. The summed E-state index contributed by atoms with van der Waals surface area (Å²) in [5.74, 6) is -0.180. The molecule has 0 saturated carbocycles. The highest BCUT2D eigenvalue weighted by Gasteiger charge is 2.27. The zero-order chi connectivity index (χ0) is 16.3. The quantitative estimate of drug-likeness (QED) is 0.851. The number of aromatic nitrogens is 1. The Labute approximate surface area is 129 Å². The van der Waals surface area contributed by atoms with Gasteiger partial charge in [0.2, 0.25) is 0 Å². The van der Waals surface area contributed by atoms with E-state index in [0.717, 1.165) is 11.1 Å². The summed E-state index contributed by atoms with van der Waals surface area (Å²) in [5.41, 5.74) is 0.423. The van der Waals surface area contributed by atoms with Crippen LogP contribution in [-0.2, 0) is 4.74 Å². The molecule has 1 aliphatic heterocycles. The maximum absolute atomic E-state index is 13.1. The highest BCUT2D eigenvalue weighted by Crippen LogP contribution is 2.21. The number of hydrogen-bond acceptors (Lipinski definition) is 3. The van der Waals surface area contributed by atoms with E-state index >= 15 is 0 Å². The third-order valence-corrected chi connectivity index (χ3v) is 3.78. The number of ether oxygens (including phenoxy) is 1. The fraction of sp³-hybridized carbons (Fsp3) is 0.667. The molecule has 1 aromatic rings. The van der Waals surface area contributed by atoms with Gasteiger partial charge in [0.15, 0.2) is 0 Å². The van der Waals surface area contributed by atoms with Gasteiger partial charge in [0.25, 0.3) is 5.91 Å². The average Bonchev–Trinajstić information content (AvgIpc) is 2.67. The summed E-state index contributed by atoms with van der Waals surface area (Å²) in [5, 5.41) is 0. The van der Waals surface area contributed by atoms with Crippen molar-refractivity contribution >= 4 is 5.91 Å². The van der Waals surface area contributed by atoms with Crippen LogP contribution in [0.5, 0.6) is 0 Å². The number of halogens is 2. The topological polar surface area (TPSA) is 37.7 Å². The molecule has 1 fully saturated rings. The average molecular weight is 315 g/mol. The number of alkyl halides is 2. The van der Waals surface area contributed by atoms with Crippen LogP contribution < -0.4 is 0 Å². The molecular weight excluding hydrogens is 292 g/mol. The van der Waals surface area contributed by atoms with Gasteiger partial charge in [0.1, 0.15) is 5.69 Å². The minimum atomic E-state index is -2.71. The van der Waals surface area contributed by atoms with E-state index in [1.54, 1.807) is 17.9 Å². The Hall–Kier alpha value is -1.47. The molecule has 124 valence electrons. The first-order valence-electron chi connectivity index (χ1n) is 7.38. The van der Waals surface area contributed by atoms with Crippen molar-refractivity contribution in [2.75, 3.05) is 46.9 Å². The first-order valence-corrected chi connectivity index (χ1v) is 7.38. The number of nitrogens with zero attached hydrogens (tertiary/aromatic N) is 3. The Balaban J connectivity index is 2.17. The molecule has 2 heterocycles. The fourth-order valence-electron chi connectivity index (χ4n) is 2.84. The Morgan fingerprint density at radius 1 is 1.45 bits per heavy atom. The van der Waals surface area contributed by atoms with E-state index in [0.29, 0.717) is 32.0 Å². The van der Waals surface area contributed by atoms with Gasteiger partial charge in [-0.2, -0.15) is 8.78 Å². The first kappa shape index (κ1) is 16.9. The maximum Gasteiger partial charge on any atom is 0.319 e. The van der Waals surface area contributed by atoms with E-state index in [1.807, 2.05) is 19.0 Å². The van der Waals surface area contributed by atoms with E-state index in [4.69, 9.17) is 4.74 Å². The molecule has 0 spiro atoms. The molecule has 1 amide bonds. The van der Waals surface area contributed by atoms with Crippen LogP contribution in [0.25, 0.3) is 0 Å². The van der Waals surface area contributed by atoms with Crippen molar-refractivity contribution in [2.24, 2.45) is 5.92 Å². The molecule has 0 aliphatic carbocycles. The van der Waals surface area contributed by atoms with Crippen LogP contribution in [0.4, 0.5) is 8.78 Å². The predicted molar refractivity (Wildman–Crippen MR) is 79.2 cm³/mol. The fourth-order valence-corrected chi connectivity index (χ4v) is 2.84. The van der Waals surface area contributed by atoms with Crippen molar-refractivity contribution in [1.82, 2.24) is 14.4 Å². The van der Waals surface area contributed by atoms with Crippen molar-refractivity contribution in [3.63, 3.8) is 0 Å². The molecule has 5 nitrogen and oxygen atoms in total.